The number of benzene rings is 1. The molecule has 6 rings (SSSR count). The van der Waals surface area contributed by atoms with Crippen LogP contribution in [0.25, 0.3) is 11.3 Å². The fourth-order valence-corrected chi connectivity index (χ4v) is 5.68. The number of ether oxygens (including phenoxy) is 1. The summed E-state index contributed by atoms with van der Waals surface area (Å²) in [7, 11) is 0. The van der Waals surface area contributed by atoms with Crippen molar-refractivity contribution < 1.29 is 32.3 Å². The highest BCUT2D eigenvalue weighted by Gasteiger charge is 2.43. The van der Waals surface area contributed by atoms with Crippen LogP contribution in [0.3, 0.4) is 0 Å². The Morgan fingerprint density at radius 3 is 2.43 bits per heavy atom. The van der Waals surface area contributed by atoms with E-state index in [1.807, 2.05) is 0 Å². The van der Waals surface area contributed by atoms with Crippen molar-refractivity contribution in [1.29, 1.82) is 0 Å². The van der Waals surface area contributed by atoms with Gasteiger partial charge in [-0.2, -0.15) is 13.2 Å². The first kappa shape index (κ1) is 23.9. The van der Waals surface area contributed by atoms with Gasteiger partial charge in [-0.1, -0.05) is 23.4 Å². The van der Waals surface area contributed by atoms with Crippen LogP contribution in [0.4, 0.5) is 19.0 Å². The quantitative estimate of drug-likeness (QED) is 0.445. The average Bonchev–Trinajstić information content (AvgIpc) is 3.58. The lowest BCUT2D eigenvalue weighted by atomic mass is 9.98. The number of halogens is 3. The maximum atomic E-state index is 13.7. The summed E-state index contributed by atoms with van der Waals surface area (Å²) in [5.74, 6) is 0.326. The molecule has 0 radical (unpaired) electrons. The Morgan fingerprint density at radius 1 is 1.08 bits per heavy atom. The van der Waals surface area contributed by atoms with Gasteiger partial charge in [0.1, 0.15) is 17.3 Å². The predicted molar refractivity (Wildman–Crippen MR) is 125 cm³/mol. The standard InChI is InChI=1S/C26H25F3N4O4/c27-26(28,29)20-4-2-1-3-18(20)23-19(24(37-32-23)14-5-6-14)13-36-17-9-15-7-8-16(10-17)33(15)22-12-30-21(11-31-22)25(34)35/h1-4,11-12,14-17H,5-10,13H2,(H,34,35)/t15-,16?,17?/m0/s1. The molecule has 0 amide bonds. The van der Waals surface area contributed by atoms with Crippen LogP contribution in [-0.2, 0) is 17.5 Å². The first-order valence-corrected chi connectivity index (χ1v) is 12.4. The second-order valence-corrected chi connectivity index (χ2v) is 9.95. The van der Waals surface area contributed by atoms with E-state index in [1.54, 1.807) is 6.07 Å². The molecular formula is C26H25F3N4O4. The molecule has 1 N–H and O–H groups in total. The van der Waals surface area contributed by atoms with Crippen LogP contribution in [0, 0.1) is 0 Å². The van der Waals surface area contributed by atoms with Crippen LogP contribution in [-0.4, -0.2) is 44.4 Å². The molecule has 1 aliphatic carbocycles. The minimum Gasteiger partial charge on any atom is -0.476 e. The van der Waals surface area contributed by atoms with Crippen molar-refractivity contribution in [2.75, 3.05) is 4.90 Å². The molecule has 2 unspecified atom stereocenters. The van der Waals surface area contributed by atoms with Crippen LogP contribution in [0.5, 0.6) is 0 Å². The summed E-state index contributed by atoms with van der Waals surface area (Å²) in [5.41, 5.74) is -0.0404. The van der Waals surface area contributed by atoms with Crippen LogP contribution >= 0.6 is 0 Å². The molecule has 1 aromatic carbocycles. The van der Waals surface area contributed by atoms with Gasteiger partial charge in [0, 0.05) is 29.1 Å². The van der Waals surface area contributed by atoms with Gasteiger partial charge in [-0.05, 0) is 44.6 Å². The van der Waals surface area contributed by atoms with Crippen molar-refractivity contribution in [2.45, 2.75) is 75.4 Å². The summed E-state index contributed by atoms with van der Waals surface area (Å²) in [4.78, 5) is 21.6. The normalized spacial score (nSPS) is 23.4. The molecule has 2 aromatic heterocycles. The number of carboxylic acids is 1. The minimum atomic E-state index is -4.51. The molecule has 1 saturated carbocycles. The highest BCUT2D eigenvalue weighted by Crippen LogP contribution is 2.46. The summed E-state index contributed by atoms with van der Waals surface area (Å²) < 4.78 is 53.1. The van der Waals surface area contributed by atoms with Crippen molar-refractivity contribution in [3.05, 3.63) is 59.2 Å². The van der Waals surface area contributed by atoms with E-state index < -0.39 is 17.7 Å². The molecular weight excluding hydrogens is 489 g/mol. The van der Waals surface area contributed by atoms with Gasteiger partial charge in [-0.25, -0.2) is 14.8 Å². The van der Waals surface area contributed by atoms with E-state index in [2.05, 4.69) is 20.0 Å². The molecule has 11 heteroatoms. The molecule has 2 bridgehead atoms. The number of rotatable bonds is 7. The second kappa shape index (κ2) is 9.13. The third-order valence-corrected chi connectivity index (χ3v) is 7.53. The molecule has 8 nitrogen and oxygen atoms in total. The van der Waals surface area contributed by atoms with E-state index in [4.69, 9.17) is 14.4 Å². The average molecular weight is 515 g/mol. The zero-order valence-electron chi connectivity index (χ0n) is 19.8. The number of fused-ring (bicyclic) bond motifs is 2. The first-order chi connectivity index (χ1) is 17.8. The third-order valence-electron chi connectivity index (χ3n) is 7.53. The van der Waals surface area contributed by atoms with Gasteiger partial charge >= 0.3 is 12.1 Å². The van der Waals surface area contributed by atoms with E-state index in [9.17, 15) is 18.0 Å². The smallest absolute Gasteiger partial charge is 0.417 e. The molecule has 3 aromatic rings. The van der Waals surface area contributed by atoms with Crippen LogP contribution < -0.4 is 4.90 Å². The highest BCUT2D eigenvalue weighted by molar-refractivity contribution is 5.84. The van der Waals surface area contributed by atoms with E-state index in [0.717, 1.165) is 44.6 Å². The summed E-state index contributed by atoms with van der Waals surface area (Å²) in [5, 5.41) is 13.2. The zero-order chi connectivity index (χ0) is 25.7. The molecule has 3 aliphatic rings. The largest absolute Gasteiger partial charge is 0.476 e. The van der Waals surface area contributed by atoms with Crippen LogP contribution in [0.1, 0.15) is 71.8 Å². The van der Waals surface area contributed by atoms with Gasteiger partial charge in [-0.15, -0.1) is 0 Å². The SMILES string of the molecule is O=C(O)c1cnc(N2C3CC[C@H]2CC(OCc2c(-c4ccccc4C(F)(F)F)noc2C2CC2)C3)cn1. The Kier molecular flexibility index (Phi) is 5.89. The number of carbonyl (C=O) groups is 1. The van der Waals surface area contributed by atoms with E-state index in [-0.39, 0.29) is 47.7 Å². The summed E-state index contributed by atoms with van der Waals surface area (Å²) in [6.45, 7) is 0.133. The molecule has 4 heterocycles. The summed E-state index contributed by atoms with van der Waals surface area (Å²) in [6, 6.07) is 5.77. The van der Waals surface area contributed by atoms with Gasteiger partial charge in [0.25, 0.3) is 0 Å². The van der Waals surface area contributed by atoms with Gasteiger partial charge in [0.2, 0.25) is 0 Å². The Bertz CT molecular complexity index is 1290. The maximum absolute atomic E-state index is 13.7. The van der Waals surface area contributed by atoms with Crippen molar-refractivity contribution >= 4 is 11.8 Å². The topological polar surface area (TPSA) is 102 Å². The monoisotopic (exact) mass is 514 g/mol. The molecule has 0 spiro atoms. The van der Waals surface area contributed by atoms with Crippen molar-refractivity contribution in [3.63, 3.8) is 0 Å². The minimum absolute atomic E-state index is 0.00233. The van der Waals surface area contributed by atoms with Gasteiger partial charge in [0.15, 0.2) is 5.69 Å². The molecule has 2 saturated heterocycles. The highest BCUT2D eigenvalue weighted by atomic mass is 19.4. The van der Waals surface area contributed by atoms with E-state index in [0.29, 0.717) is 17.1 Å². The number of hydrogen-bond donors (Lipinski definition) is 1. The Morgan fingerprint density at radius 2 is 1.81 bits per heavy atom. The second-order valence-electron chi connectivity index (χ2n) is 9.95. The lowest BCUT2D eigenvalue weighted by molar-refractivity contribution is -0.137. The Balaban J connectivity index is 1.20. The van der Waals surface area contributed by atoms with Gasteiger partial charge in [0.05, 0.1) is 30.7 Å². The number of hydrogen-bond acceptors (Lipinski definition) is 7. The first-order valence-electron chi connectivity index (χ1n) is 12.4. The Labute approximate surface area is 210 Å². The summed E-state index contributed by atoms with van der Waals surface area (Å²) in [6.07, 6.45) is 3.41. The maximum Gasteiger partial charge on any atom is 0.417 e. The number of aromatic carboxylic acids is 1. The number of carboxylic acid groups (broad SMARTS) is 1. The predicted octanol–water partition coefficient (Wildman–Crippen LogP) is 5.44. The molecule has 37 heavy (non-hydrogen) atoms. The van der Waals surface area contributed by atoms with E-state index in [1.165, 1.54) is 24.5 Å². The van der Waals surface area contributed by atoms with Gasteiger partial charge in [-0.3, -0.25) is 0 Å². The van der Waals surface area contributed by atoms with Crippen molar-refractivity contribution in [3.8, 4) is 11.3 Å². The number of alkyl halides is 3. The van der Waals surface area contributed by atoms with Crippen LogP contribution in [0.15, 0.2) is 41.2 Å². The lowest BCUT2D eigenvalue weighted by Crippen LogP contribution is -2.46. The molecule has 3 fully saturated rings. The molecule has 194 valence electrons. The van der Waals surface area contributed by atoms with Gasteiger partial charge < -0.3 is 19.3 Å². The fourth-order valence-electron chi connectivity index (χ4n) is 5.68. The molecule has 3 atom stereocenters. The summed E-state index contributed by atoms with van der Waals surface area (Å²) >= 11 is 0. The Hall–Kier alpha value is -3.47. The third kappa shape index (κ3) is 4.56. The van der Waals surface area contributed by atoms with Crippen molar-refractivity contribution in [2.24, 2.45) is 0 Å². The molecule has 2 aliphatic heterocycles. The van der Waals surface area contributed by atoms with Crippen molar-refractivity contribution in [1.82, 2.24) is 15.1 Å². The van der Waals surface area contributed by atoms with Crippen LogP contribution in [0.2, 0.25) is 0 Å². The zero-order valence-corrected chi connectivity index (χ0v) is 19.8. The number of anilines is 1. The lowest BCUT2D eigenvalue weighted by Gasteiger charge is -2.39. The number of piperidine rings is 1. The number of aromatic nitrogens is 3. The number of nitrogens with zero attached hydrogens (tertiary/aromatic N) is 4. The van der Waals surface area contributed by atoms with E-state index >= 15 is 0 Å². The fraction of sp³-hybridized carbons (Fsp3) is 0.462.